The zero-order valence-corrected chi connectivity index (χ0v) is 19.4. The van der Waals surface area contributed by atoms with E-state index in [-0.39, 0.29) is 17.9 Å². The van der Waals surface area contributed by atoms with Crippen LogP contribution in [0.25, 0.3) is 0 Å². The Morgan fingerprint density at radius 1 is 1.21 bits per heavy atom. The second kappa shape index (κ2) is 9.23. The molecule has 0 spiro atoms. The van der Waals surface area contributed by atoms with Crippen molar-refractivity contribution in [2.75, 3.05) is 6.54 Å². The molecule has 1 unspecified atom stereocenters. The van der Waals surface area contributed by atoms with Crippen LogP contribution in [0.2, 0.25) is 0 Å². The van der Waals surface area contributed by atoms with E-state index in [1.807, 2.05) is 34.6 Å². The van der Waals surface area contributed by atoms with E-state index < -0.39 is 16.9 Å². The number of carbonyl (C=O) groups is 2. The number of primary amides is 1. The molecule has 2 rings (SSSR count). The van der Waals surface area contributed by atoms with Crippen molar-refractivity contribution in [3.8, 4) is 0 Å². The Morgan fingerprint density at radius 2 is 1.83 bits per heavy atom. The largest absolute Gasteiger partial charge is 0.444 e. The van der Waals surface area contributed by atoms with E-state index in [1.54, 1.807) is 4.90 Å². The summed E-state index contributed by atoms with van der Waals surface area (Å²) in [5.74, 6) is 0.574. The van der Waals surface area contributed by atoms with Crippen LogP contribution in [0.5, 0.6) is 0 Å². The molecular weight excluding hydrogens is 368 g/mol. The number of nitrogens with two attached hydrogens (primary N) is 1. The highest BCUT2D eigenvalue weighted by molar-refractivity contribution is 5.73. The molecule has 2 N–H and O–H groups in total. The molecule has 168 valence electrons. The number of ether oxygens (including phenoxy) is 2. The van der Waals surface area contributed by atoms with Gasteiger partial charge in [0, 0.05) is 6.42 Å². The summed E-state index contributed by atoms with van der Waals surface area (Å²) in [6.45, 7) is 12.2. The summed E-state index contributed by atoms with van der Waals surface area (Å²) in [5.41, 5.74) is 3.73. The molecule has 0 aromatic carbocycles. The Bertz CT molecular complexity index is 578. The van der Waals surface area contributed by atoms with E-state index in [1.165, 1.54) is 32.1 Å². The van der Waals surface area contributed by atoms with Crippen LogP contribution in [-0.2, 0) is 14.3 Å². The molecule has 1 aliphatic heterocycles. The number of hydrogen-bond acceptors (Lipinski definition) is 4. The average molecular weight is 411 g/mol. The van der Waals surface area contributed by atoms with Crippen molar-refractivity contribution in [3.63, 3.8) is 0 Å². The van der Waals surface area contributed by atoms with Crippen LogP contribution in [0.3, 0.4) is 0 Å². The minimum absolute atomic E-state index is 0.206. The Balaban J connectivity index is 2.17. The van der Waals surface area contributed by atoms with Gasteiger partial charge in [-0.3, -0.25) is 9.69 Å². The lowest BCUT2D eigenvalue weighted by molar-refractivity contribution is -0.129. The lowest BCUT2D eigenvalue weighted by atomic mass is 9.78. The molecule has 6 nitrogen and oxygen atoms in total. The zero-order valence-electron chi connectivity index (χ0n) is 19.4. The first-order valence-corrected chi connectivity index (χ1v) is 11.3. The molecule has 0 aromatic heterocycles. The van der Waals surface area contributed by atoms with Crippen LogP contribution >= 0.6 is 0 Å². The maximum atomic E-state index is 12.9. The van der Waals surface area contributed by atoms with Crippen LogP contribution in [0.4, 0.5) is 4.79 Å². The fourth-order valence-corrected chi connectivity index (χ4v) is 4.91. The second-order valence-electron chi connectivity index (χ2n) is 10.8. The lowest BCUT2D eigenvalue weighted by Gasteiger charge is -2.35. The van der Waals surface area contributed by atoms with Gasteiger partial charge in [0.05, 0.1) is 12.1 Å². The number of rotatable bonds is 7. The summed E-state index contributed by atoms with van der Waals surface area (Å²) in [4.78, 5) is 26.0. The molecular formula is C23H42N2O4. The van der Waals surface area contributed by atoms with Crippen LogP contribution in [0.1, 0.15) is 99.3 Å². The Morgan fingerprint density at radius 3 is 2.38 bits per heavy atom. The van der Waals surface area contributed by atoms with Gasteiger partial charge in [-0.15, -0.1) is 0 Å². The minimum atomic E-state index is -0.718. The smallest absolute Gasteiger partial charge is 0.412 e. The number of amides is 2. The highest BCUT2D eigenvalue weighted by atomic mass is 16.6. The number of hydrogen-bond donors (Lipinski definition) is 1. The molecule has 2 aliphatic rings. The fourth-order valence-electron chi connectivity index (χ4n) is 4.91. The van der Waals surface area contributed by atoms with Gasteiger partial charge in [0.2, 0.25) is 5.91 Å². The third-order valence-electron chi connectivity index (χ3n) is 6.20. The lowest BCUT2D eigenvalue weighted by Crippen LogP contribution is -2.46. The molecule has 1 saturated carbocycles. The molecule has 0 bridgehead atoms. The molecule has 0 radical (unpaired) electrons. The third kappa shape index (κ3) is 7.16. The molecule has 1 saturated heterocycles. The van der Waals surface area contributed by atoms with Crippen LogP contribution < -0.4 is 5.73 Å². The van der Waals surface area contributed by atoms with Crippen molar-refractivity contribution < 1.29 is 19.1 Å². The third-order valence-corrected chi connectivity index (χ3v) is 6.20. The summed E-state index contributed by atoms with van der Waals surface area (Å²) >= 11 is 0. The number of carbonyl (C=O) groups excluding carboxylic acids is 2. The average Bonchev–Trinajstić information content (AvgIpc) is 2.83. The molecule has 1 aliphatic carbocycles. The summed E-state index contributed by atoms with van der Waals surface area (Å²) in [7, 11) is 0. The van der Waals surface area contributed by atoms with Gasteiger partial charge < -0.3 is 15.2 Å². The van der Waals surface area contributed by atoms with Crippen molar-refractivity contribution in [2.45, 2.75) is 116 Å². The van der Waals surface area contributed by atoms with Crippen molar-refractivity contribution >= 4 is 12.0 Å². The Kier molecular flexibility index (Phi) is 7.63. The summed E-state index contributed by atoms with van der Waals surface area (Å²) in [6.07, 6.45) is 9.03. The standard InChI is InChI=1S/C23H42N2O4/c1-17(14-19(24)26)12-13-23(15-18-10-8-7-9-11-18)16-25(22(5,6)29-23)20(27)28-21(2,3)4/h17-18H,7-16H2,1-6H3,(H2,24,26)/t17?,23-/m0/s1. The van der Waals surface area contributed by atoms with E-state index in [0.717, 1.165) is 19.3 Å². The van der Waals surface area contributed by atoms with E-state index in [4.69, 9.17) is 15.2 Å². The van der Waals surface area contributed by atoms with E-state index in [0.29, 0.717) is 18.9 Å². The molecule has 29 heavy (non-hydrogen) atoms. The zero-order chi connectivity index (χ0) is 21.9. The Labute approximate surface area is 176 Å². The maximum Gasteiger partial charge on any atom is 0.412 e. The molecule has 0 aromatic rings. The summed E-state index contributed by atoms with van der Waals surface area (Å²) in [5, 5.41) is 0. The number of nitrogens with zero attached hydrogens (tertiary/aromatic N) is 1. The maximum absolute atomic E-state index is 12.9. The topological polar surface area (TPSA) is 81.9 Å². The van der Waals surface area contributed by atoms with Gasteiger partial charge in [0.25, 0.3) is 0 Å². The highest BCUT2D eigenvalue weighted by Crippen LogP contribution is 2.44. The van der Waals surface area contributed by atoms with Gasteiger partial charge >= 0.3 is 6.09 Å². The van der Waals surface area contributed by atoms with Gasteiger partial charge in [-0.1, -0.05) is 39.0 Å². The van der Waals surface area contributed by atoms with Gasteiger partial charge in [-0.25, -0.2) is 4.79 Å². The molecule has 2 amide bonds. The predicted molar refractivity (Wildman–Crippen MR) is 114 cm³/mol. The van der Waals surface area contributed by atoms with Gasteiger partial charge in [0.1, 0.15) is 11.3 Å². The molecule has 2 fully saturated rings. The first-order valence-electron chi connectivity index (χ1n) is 11.3. The summed E-state index contributed by atoms with van der Waals surface area (Å²) in [6, 6.07) is 0. The van der Waals surface area contributed by atoms with E-state index >= 15 is 0 Å². The van der Waals surface area contributed by atoms with Crippen molar-refractivity contribution in [3.05, 3.63) is 0 Å². The van der Waals surface area contributed by atoms with Gasteiger partial charge in [0.15, 0.2) is 0 Å². The van der Waals surface area contributed by atoms with Crippen LogP contribution in [0.15, 0.2) is 0 Å². The van der Waals surface area contributed by atoms with Crippen molar-refractivity contribution in [1.29, 1.82) is 0 Å². The van der Waals surface area contributed by atoms with Crippen LogP contribution in [0, 0.1) is 11.8 Å². The highest BCUT2D eigenvalue weighted by Gasteiger charge is 2.52. The summed E-state index contributed by atoms with van der Waals surface area (Å²) < 4.78 is 12.3. The van der Waals surface area contributed by atoms with Gasteiger partial charge in [-0.05, 0) is 65.7 Å². The van der Waals surface area contributed by atoms with E-state index in [9.17, 15) is 9.59 Å². The molecule has 2 atom stereocenters. The SMILES string of the molecule is CC(CC[C@]1(CC2CCCCC2)CN(C(=O)OC(C)(C)C)C(C)(C)O1)CC(N)=O. The van der Waals surface area contributed by atoms with Crippen molar-refractivity contribution in [1.82, 2.24) is 4.90 Å². The fraction of sp³-hybridized carbons (Fsp3) is 0.913. The predicted octanol–water partition coefficient (Wildman–Crippen LogP) is 4.99. The van der Waals surface area contributed by atoms with Crippen LogP contribution in [-0.4, -0.2) is 40.4 Å². The molecule has 6 heteroatoms. The molecule has 1 heterocycles. The normalized spacial score (nSPS) is 26.3. The van der Waals surface area contributed by atoms with Gasteiger partial charge in [-0.2, -0.15) is 0 Å². The van der Waals surface area contributed by atoms with Crippen molar-refractivity contribution in [2.24, 2.45) is 17.6 Å². The first-order chi connectivity index (χ1) is 13.3. The second-order valence-corrected chi connectivity index (χ2v) is 10.8. The monoisotopic (exact) mass is 410 g/mol. The quantitative estimate of drug-likeness (QED) is 0.641. The minimum Gasteiger partial charge on any atom is -0.444 e. The Hall–Kier alpha value is -1.30. The van der Waals surface area contributed by atoms with E-state index in [2.05, 4.69) is 6.92 Å². The first kappa shape index (κ1) is 24.0.